The van der Waals surface area contributed by atoms with Gasteiger partial charge >= 0.3 is 0 Å². The normalized spacial score (nSPS) is 10.3. The van der Waals surface area contributed by atoms with E-state index in [-0.39, 0.29) is 0 Å². The number of nitrogens with two attached hydrogens (primary N) is 1. The fourth-order valence-corrected chi connectivity index (χ4v) is 1.97. The van der Waals surface area contributed by atoms with E-state index in [2.05, 4.69) is 26.3 Å². The SMILES string of the molecule is NNc1ncccc1COCc1ccccc1Br. The highest BCUT2D eigenvalue weighted by atomic mass is 79.9. The summed E-state index contributed by atoms with van der Waals surface area (Å²) in [5.41, 5.74) is 4.61. The number of hydrogen-bond donors (Lipinski definition) is 2. The Bertz CT molecular complexity index is 519. The Morgan fingerprint density at radius 3 is 2.61 bits per heavy atom. The van der Waals surface area contributed by atoms with Crippen molar-refractivity contribution in [3.05, 3.63) is 58.2 Å². The lowest BCUT2D eigenvalue weighted by Crippen LogP contribution is -2.11. The molecule has 0 amide bonds. The first-order chi connectivity index (χ1) is 8.81. The van der Waals surface area contributed by atoms with E-state index >= 15 is 0 Å². The maximum atomic E-state index is 5.66. The molecular weight excluding hydrogens is 294 g/mol. The van der Waals surface area contributed by atoms with Gasteiger partial charge < -0.3 is 10.2 Å². The fourth-order valence-electron chi connectivity index (χ4n) is 1.57. The van der Waals surface area contributed by atoms with Gasteiger partial charge in [0.15, 0.2) is 0 Å². The van der Waals surface area contributed by atoms with Crippen molar-refractivity contribution in [2.45, 2.75) is 13.2 Å². The van der Waals surface area contributed by atoms with Gasteiger partial charge in [0, 0.05) is 16.2 Å². The van der Waals surface area contributed by atoms with E-state index in [1.165, 1.54) is 0 Å². The molecule has 0 fully saturated rings. The van der Waals surface area contributed by atoms with Gasteiger partial charge in [0.05, 0.1) is 13.2 Å². The van der Waals surface area contributed by atoms with Gasteiger partial charge in [-0.3, -0.25) is 0 Å². The molecule has 1 aromatic carbocycles. The number of benzene rings is 1. The maximum Gasteiger partial charge on any atom is 0.145 e. The third-order valence-electron chi connectivity index (χ3n) is 2.50. The van der Waals surface area contributed by atoms with Gasteiger partial charge in [-0.1, -0.05) is 40.2 Å². The summed E-state index contributed by atoms with van der Waals surface area (Å²) in [6.45, 7) is 1.01. The number of hydrazine groups is 1. The smallest absolute Gasteiger partial charge is 0.145 e. The van der Waals surface area contributed by atoms with Crippen LogP contribution in [0.2, 0.25) is 0 Å². The highest BCUT2D eigenvalue weighted by Gasteiger charge is 2.03. The maximum absolute atomic E-state index is 5.66. The van der Waals surface area contributed by atoms with Gasteiger partial charge in [0.2, 0.25) is 0 Å². The monoisotopic (exact) mass is 307 g/mol. The minimum absolute atomic E-state index is 0.467. The van der Waals surface area contributed by atoms with Crippen LogP contribution in [-0.4, -0.2) is 4.98 Å². The molecule has 2 aromatic rings. The summed E-state index contributed by atoms with van der Waals surface area (Å²) < 4.78 is 6.71. The van der Waals surface area contributed by atoms with E-state index in [9.17, 15) is 0 Å². The molecule has 0 aliphatic heterocycles. The van der Waals surface area contributed by atoms with Crippen LogP contribution in [0.4, 0.5) is 5.82 Å². The number of pyridine rings is 1. The molecule has 0 bridgehead atoms. The Balaban J connectivity index is 1.95. The van der Waals surface area contributed by atoms with Crippen LogP contribution >= 0.6 is 15.9 Å². The highest BCUT2D eigenvalue weighted by molar-refractivity contribution is 9.10. The molecule has 0 saturated heterocycles. The molecule has 4 nitrogen and oxygen atoms in total. The van der Waals surface area contributed by atoms with Crippen LogP contribution in [0.25, 0.3) is 0 Å². The number of nitrogens with one attached hydrogen (secondary N) is 1. The van der Waals surface area contributed by atoms with Gasteiger partial charge in [0.1, 0.15) is 5.82 Å². The van der Waals surface area contributed by atoms with Crippen molar-refractivity contribution in [3.8, 4) is 0 Å². The number of halogens is 1. The van der Waals surface area contributed by atoms with Gasteiger partial charge in [-0.25, -0.2) is 10.8 Å². The Labute approximate surface area is 114 Å². The summed E-state index contributed by atoms with van der Waals surface area (Å²) in [6.07, 6.45) is 1.69. The molecule has 0 spiro atoms. The summed E-state index contributed by atoms with van der Waals surface area (Å²) >= 11 is 3.49. The number of anilines is 1. The van der Waals surface area contributed by atoms with E-state index < -0.39 is 0 Å². The second kappa shape index (κ2) is 6.49. The topological polar surface area (TPSA) is 60.2 Å². The number of nitrogens with zero attached hydrogens (tertiary/aromatic N) is 1. The van der Waals surface area contributed by atoms with Crippen LogP contribution in [0.1, 0.15) is 11.1 Å². The third-order valence-corrected chi connectivity index (χ3v) is 3.27. The van der Waals surface area contributed by atoms with Gasteiger partial charge in [-0.2, -0.15) is 0 Å². The van der Waals surface area contributed by atoms with Crippen molar-refractivity contribution >= 4 is 21.7 Å². The molecule has 5 heteroatoms. The van der Waals surface area contributed by atoms with Gasteiger partial charge in [-0.15, -0.1) is 0 Å². The molecule has 3 N–H and O–H groups in total. The van der Waals surface area contributed by atoms with Crippen LogP contribution in [-0.2, 0) is 18.0 Å². The molecule has 0 radical (unpaired) electrons. The number of hydrogen-bond acceptors (Lipinski definition) is 4. The van der Waals surface area contributed by atoms with Crippen molar-refractivity contribution in [2.24, 2.45) is 5.84 Å². The average molecular weight is 308 g/mol. The Morgan fingerprint density at radius 2 is 1.83 bits per heavy atom. The predicted molar refractivity (Wildman–Crippen MR) is 74.7 cm³/mol. The Morgan fingerprint density at radius 1 is 1.11 bits per heavy atom. The minimum atomic E-state index is 0.467. The highest BCUT2D eigenvalue weighted by Crippen LogP contribution is 2.18. The average Bonchev–Trinajstić information content (AvgIpc) is 2.41. The summed E-state index contributed by atoms with van der Waals surface area (Å²) in [5, 5.41) is 0. The molecule has 1 heterocycles. The van der Waals surface area contributed by atoms with Crippen molar-refractivity contribution in [1.82, 2.24) is 4.98 Å². The summed E-state index contributed by atoms with van der Waals surface area (Å²) in [5.74, 6) is 6.03. The molecule has 0 aliphatic carbocycles. The number of rotatable bonds is 5. The Kier molecular flexibility index (Phi) is 4.69. The molecule has 0 unspecified atom stereocenters. The summed E-state index contributed by atoms with van der Waals surface area (Å²) in [4.78, 5) is 4.12. The van der Waals surface area contributed by atoms with E-state index in [1.54, 1.807) is 6.20 Å². The largest absolute Gasteiger partial charge is 0.372 e. The summed E-state index contributed by atoms with van der Waals surface area (Å²) in [6, 6.07) is 11.8. The molecule has 1 aromatic heterocycles. The molecule has 94 valence electrons. The molecular formula is C13H14BrN3O. The zero-order valence-electron chi connectivity index (χ0n) is 9.77. The molecule has 0 atom stereocenters. The molecule has 18 heavy (non-hydrogen) atoms. The minimum Gasteiger partial charge on any atom is -0.372 e. The predicted octanol–water partition coefficient (Wildman–Crippen LogP) is 2.85. The molecule has 0 saturated carbocycles. The number of nitrogen functional groups attached to an aromatic ring is 1. The second-order valence-electron chi connectivity index (χ2n) is 3.74. The lowest BCUT2D eigenvalue weighted by molar-refractivity contribution is 0.107. The van der Waals surface area contributed by atoms with E-state index in [0.717, 1.165) is 15.6 Å². The fraction of sp³-hybridized carbons (Fsp3) is 0.154. The number of aromatic nitrogens is 1. The van der Waals surface area contributed by atoms with Crippen LogP contribution < -0.4 is 11.3 Å². The van der Waals surface area contributed by atoms with Crippen LogP contribution in [0.5, 0.6) is 0 Å². The van der Waals surface area contributed by atoms with E-state index in [4.69, 9.17) is 10.6 Å². The first-order valence-electron chi connectivity index (χ1n) is 5.53. The van der Waals surface area contributed by atoms with Crippen molar-refractivity contribution in [2.75, 3.05) is 5.43 Å². The summed E-state index contributed by atoms with van der Waals surface area (Å²) in [7, 11) is 0. The Hall–Kier alpha value is -1.43. The standard InChI is InChI=1S/C13H14BrN3O/c14-12-6-2-1-4-10(12)8-18-9-11-5-3-7-16-13(11)17-15/h1-7H,8-9,15H2,(H,16,17). The van der Waals surface area contributed by atoms with E-state index in [0.29, 0.717) is 19.0 Å². The lowest BCUT2D eigenvalue weighted by Gasteiger charge is -2.09. The quantitative estimate of drug-likeness (QED) is 0.659. The lowest BCUT2D eigenvalue weighted by atomic mass is 10.2. The zero-order valence-corrected chi connectivity index (χ0v) is 11.4. The molecule has 2 rings (SSSR count). The van der Waals surface area contributed by atoms with Crippen molar-refractivity contribution in [1.29, 1.82) is 0 Å². The molecule has 0 aliphatic rings. The van der Waals surface area contributed by atoms with Crippen LogP contribution in [0, 0.1) is 0 Å². The van der Waals surface area contributed by atoms with Gasteiger partial charge in [0.25, 0.3) is 0 Å². The van der Waals surface area contributed by atoms with Gasteiger partial charge in [-0.05, 0) is 17.7 Å². The van der Waals surface area contributed by atoms with E-state index in [1.807, 2.05) is 36.4 Å². The first-order valence-corrected chi connectivity index (χ1v) is 6.32. The second-order valence-corrected chi connectivity index (χ2v) is 4.59. The first kappa shape index (κ1) is 13.0. The zero-order chi connectivity index (χ0) is 12.8. The van der Waals surface area contributed by atoms with Crippen molar-refractivity contribution in [3.63, 3.8) is 0 Å². The third kappa shape index (κ3) is 3.29. The van der Waals surface area contributed by atoms with Crippen LogP contribution in [0.3, 0.4) is 0 Å². The van der Waals surface area contributed by atoms with Crippen LogP contribution in [0.15, 0.2) is 47.1 Å². The number of ether oxygens (including phenoxy) is 1. The van der Waals surface area contributed by atoms with Crippen molar-refractivity contribution < 1.29 is 4.74 Å².